The molecule has 1 saturated heterocycles. The first-order valence-electron chi connectivity index (χ1n) is 8.56. The van der Waals surface area contributed by atoms with Crippen LogP contribution in [-0.2, 0) is 5.75 Å². The second kappa shape index (κ2) is 9.64. The second-order valence-electron chi connectivity index (χ2n) is 5.89. The first-order chi connectivity index (χ1) is 12.8. The molecule has 1 aromatic heterocycles. The fourth-order valence-corrected chi connectivity index (χ4v) is 4.10. The molecule has 0 unspecified atom stereocenters. The molecule has 1 N–H and O–H groups in total. The van der Waals surface area contributed by atoms with Crippen LogP contribution in [-0.4, -0.2) is 34.6 Å². The van der Waals surface area contributed by atoms with E-state index in [1.165, 1.54) is 30.2 Å². The highest BCUT2D eigenvalue weighted by Crippen LogP contribution is 2.21. The molecule has 0 spiro atoms. The van der Waals surface area contributed by atoms with Crippen molar-refractivity contribution in [3.8, 4) is 0 Å². The molecule has 0 bridgehead atoms. The number of aromatic nitrogens is 1. The van der Waals surface area contributed by atoms with E-state index in [9.17, 15) is 4.79 Å². The molecule has 1 fully saturated rings. The Bertz CT molecular complexity index is 761. The van der Waals surface area contributed by atoms with E-state index in [1.807, 2.05) is 36.6 Å². The normalized spacial score (nSPS) is 14.5. The summed E-state index contributed by atoms with van der Waals surface area (Å²) in [5, 5.41) is 4.25. The third-order valence-corrected chi connectivity index (χ3v) is 6.19. The molecular formula is C19H22N4OS2. The fraction of sp³-hybridized carbons (Fsp3) is 0.316. The predicted molar refractivity (Wildman–Crippen MR) is 112 cm³/mol. The van der Waals surface area contributed by atoms with Gasteiger partial charge in [-0.2, -0.15) is 5.10 Å². The minimum Gasteiger partial charge on any atom is -0.371 e. The lowest BCUT2D eigenvalue weighted by molar-refractivity contribution is 0.0950. The summed E-state index contributed by atoms with van der Waals surface area (Å²) in [6, 6.07) is 14.0. The van der Waals surface area contributed by atoms with E-state index in [0.29, 0.717) is 5.69 Å². The molecule has 26 heavy (non-hydrogen) atoms. The number of pyridine rings is 1. The number of hydrazone groups is 1. The van der Waals surface area contributed by atoms with Gasteiger partial charge in [0.1, 0.15) is 10.1 Å². The maximum atomic E-state index is 12.4. The molecule has 0 radical (unpaired) electrons. The Hall–Kier alpha value is -1.99. The van der Waals surface area contributed by atoms with E-state index < -0.39 is 0 Å². The fourth-order valence-electron chi connectivity index (χ4n) is 2.73. The second-order valence-corrected chi connectivity index (χ2v) is 7.91. The topological polar surface area (TPSA) is 57.6 Å². The average Bonchev–Trinajstić information content (AvgIpc) is 3.24. The number of hydrogen-bond donors (Lipinski definition) is 1. The van der Waals surface area contributed by atoms with Crippen LogP contribution in [0.1, 0.15) is 28.9 Å². The van der Waals surface area contributed by atoms with Crippen LogP contribution in [0.3, 0.4) is 0 Å². The van der Waals surface area contributed by atoms with E-state index in [4.69, 9.17) is 0 Å². The van der Waals surface area contributed by atoms with Gasteiger partial charge in [-0.3, -0.25) is 9.78 Å². The first kappa shape index (κ1) is 18.8. The zero-order chi connectivity index (χ0) is 18.2. The average molecular weight is 387 g/mol. The summed E-state index contributed by atoms with van der Waals surface area (Å²) >= 11 is 3.12. The van der Waals surface area contributed by atoms with Crippen molar-refractivity contribution in [3.63, 3.8) is 0 Å². The molecule has 136 valence electrons. The number of carbonyl (C=O) groups excluding carboxylic acids is 1. The smallest absolute Gasteiger partial charge is 0.290 e. The van der Waals surface area contributed by atoms with Crippen LogP contribution >= 0.6 is 23.5 Å². The van der Waals surface area contributed by atoms with E-state index in [-0.39, 0.29) is 5.91 Å². The lowest BCUT2D eigenvalue weighted by atomic mass is 10.2. The van der Waals surface area contributed by atoms with E-state index in [0.717, 1.165) is 28.9 Å². The van der Waals surface area contributed by atoms with Gasteiger partial charge in [0.2, 0.25) is 0 Å². The van der Waals surface area contributed by atoms with E-state index in [2.05, 4.69) is 32.5 Å². The van der Waals surface area contributed by atoms with Crippen LogP contribution in [0.15, 0.2) is 53.8 Å². The largest absolute Gasteiger partial charge is 0.371 e. The number of anilines is 1. The molecule has 0 saturated carbocycles. The highest BCUT2D eigenvalue weighted by molar-refractivity contribution is 8.38. The SMILES string of the molecule is CS/C(=N\NC(=O)c1cc(N2CCCC2)ccn1)SCc1ccccc1. The lowest BCUT2D eigenvalue weighted by Crippen LogP contribution is -2.22. The summed E-state index contributed by atoms with van der Waals surface area (Å²) in [4.78, 5) is 18.9. The van der Waals surface area contributed by atoms with Crippen molar-refractivity contribution in [2.45, 2.75) is 18.6 Å². The summed E-state index contributed by atoms with van der Waals surface area (Å²) in [5.74, 6) is 0.539. The molecule has 0 aliphatic carbocycles. The van der Waals surface area contributed by atoms with Crippen LogP contribution in [0, 0.1) is 0 Å². The number of nitrogens with zero attached hydrogens (tertiary/aromatic N) is 3. The number of carbonyl (C=O) groups is 1. The van der Waals surface area contributed by atoms with Gasteiger partial charge < -0.3 is 4.90 Å². The molecule has 1 aromatic carbocycles. The third kappa shape index (κ3) is 5.25. The van der Waals surface area contributed by atoms with Gasteiger partial charge in [-0.05, 0) is 36.8 Å². The van der Waals surface area contributed by atoms with Crippen molar-refractivity contribution in [3.05, 3.63) is 59.9 Å². The first-order valence-corrected chi connectivity index (χ1v) is 10.8. The van der Waals surface area contributed by atoms with Crippen molar-refractivity contribution in [1.29, 1.82) is 0 Å². The van der Waals surface area contributed by atoms with Crippen LogP contribution < -0.4 is 10.3 Å². The monoisotopic (exact) mass is 386 g/mol. The summed E-state index contributed by atoms with van der Waals surface area (Å²) < 4.78 is 0.818. The van der Waals surface area contributed by atoms with Crippen LogP contribution in [0.2, 0.25) is 0 Å². The molecular weight excluding hydrogens is 364 g/mol. The highest BCUT2D eigenvalue weighted by Gasteiger charge is 2.15. The molecule has 2 heterocycles. The molecule has 1 aliphatic rings. The Labute approximate surface area is 162 Å². The molecule has 1 aliphatic heterocycles. The Morgan fingerprint density at radius 1 is 1.23 bits per heavy atom. The van der Waals surface area contributed by atoms with Crippen LogP contribution in [0.4, 0.5) is 5.69 Å². The van der Waals surface area contributed by atoms with E-state index in [1.54, 1.807) is 18.0 Å². The van der Waals surface area contributed by atoms with Gasteiger partial charge in [-0.15, -0.1) is 11.8 Å². The van der Waals surface area contributed by atoms with Gasteiger partial charge in [0.05, 0.1) is 0 Å². The molecule has 1 amide bonds. The van der Waals surface area contributed by atoms with Gasteiger partial charge >= 0.3 is 0 Å². The molecule has 5 nitrogen and oxygen atoms in total. The van der Waals surface area contributed by atoms with Crippen molar-refractivity contribution in [2.24, 2.45) is 5.10 Å². The highest BCUT2D eigenvalue weighted by atomic mass is 32.2. The number of amides is 1. The molecule has 7 heteroatoms. The number of thioether (sulfide) groups is 2. The summed E-state index contributed by atoms with van der Waals surface area (Å²) in [6.07, 6.45) is 6.04. The number of benzene rings is 1. The van der Waals surface area contributed by atoms with Crippen molar-refractivity contribution in [1.82, 2.24) is 10.4 Å². The van der Waals surface area contributed by atoms with Crippen molar-refractivity contribution in [2.75, 3.05) is 24.2 Å². The van der Waals surface area contributed by atoms with Gasteiger partial charge in [0, 0.05) is 30.7 Å². The van der Waals surface area contributed by atoms with E-state index >= 15 is 0 Å². The van der Waals surface area contributed by atoms with Gasteiger partial charge in [-0.1, -0.05) is 42.1 Å². The zero-order valence-corrected chi connectivity index (χ0v) is 16.4. The molecule has 3 rings (SSSR count). The molecule has 0 atom stereocenters. The number of hydrogen-bond acceptors (Lipinski definition) is 6. The van der Waals surface area contributed by atoms with Crippen molar-refractivity contribution >= 4 is 39.5 Å². The van der Waals surface area contributed by atoms with Gasteiger partial charge in [0.15, 0.2) is 0 Å². The number of nitrogens with one attached hydrogen (secondary N) is 1. The van der Waals surface area contributed by atoms with Crippen molar-refractivity contribution < 1.29 is 4.79 Å². The minimum absolute atomic E-state index is 0.280. The Balaban J connectivity index is 1.59. The number of rotatable bonds is 5. The quantitative estimate of drug-likeness (QED) is 0.478. The maximum Gasteiger partial charge on any atom is 0.290 e. The predicted octanol–water partition coefficient (Wildman–Crippen LogP) is 3.98. The van der Waals surface area contributed by atoms with Gasteiger partial charge in [-0.25, -0.2) is 5.43 Å². The van der Waals surface area contributed by atoms with Crippen LogP contribution in [0.25, 0.3) is 0 Å². The maximum absolute atomic E-state index is 12.4. The molecule has 2 aromatic rings. The Morgan fingerprint density at radius 3 is 2.73 bits per heavy atom. The van der Waals surface area contributed by atoms with Crippen LogP contribution in [0.5, 0.6) is 0 Å². The Morgan fingerprint density at radius 2 is 2.00 bits per heavy atom. The minimum atomic E-state index is -0.280. The standard InChI is InChI=1S/C19H22N4OS2/c1-25-19(26-14-15-7-3-2-4-8-15)22-21-18(24)17-13-16(9-10-20-17)23-11-5-6-12-23/h2-4,7-10,13H,5-6,11-12,14H2,1H3,(H,21,24)/b22-19+. The Kier molecular flexibility index (Phi) is 6.96. The zero-order valence-electron chi connectivity index (χ0n) is 14.7. The lowest BCUT2D eigenvalue weighted by Gasteiger charge is -2.17. The van der Waals surface area contributed by atoms with Gasteiger partial charge in [0.25, 0.3) is 5.91 Å². The third-order valence-electron chi connectivity index (χ3n) is 4.08. The summed E-state index contributed by atoms with van der Waals surface area (Å²) in [7, 11) is 0. The summed E-state index contributed by atoms with van der Waals surface area (Å²) in [6.45, 7) is 2.08. The summed E-state index contributed by atoms with van der Waals surface area (Å²) in [5.41, 5.74) is 5.30.